The topological polar surface area (TPSA) is 144 Å². The Kier molecular flexibility index (Phi) is 5.48. The summed E-state index contributed by atoms with van der Waals surface area (Å²) in [5.41, 5.74) is 1.24. The molecule has 3 aromatic heterocycles. The third-order valence-corrected chi connectivity index (χ3v) is 4.71. The van der Waals surface area contributed by atoms with Gasteiger partial charge in [-0.05, 0) is 18.9 Å². The highest BCUT2D eigenvalue weighted by atomic mass is 16.5. The minimum Gasteiger partial charge on any atom is -0.492 e. The van der Waals surface area contributed by atoms with Crippen LogP contribution < -0.4 is 20.7 Å². The summed E-state index contributed by atoms with van der Waals surface area (Å²) in [5, 5.41) is 12.4. The van der Waals surface area contributed by atoms with Crippen LogP contribution in [0.5, 0.6) is 5.75 Å². The second kappa shape index (κ2) is 8.38. The summed E-state index contributed by atoms with van der Waals surface area (Å²) in [6, 6.07) is 3.28. The van der Waals surface area contributed by atoms with Crippen molar-refractivity contribution in [2.45, 2.75) is 19.8 Å². The number of methoxy groups -OCH3 is 1. The molecule has 1 aliphatic carbocycles. The van der Waals surface area contributed by atoms with E-state index in [9.17, 15) is 9.59 Å². The van der Waals surface area contributed by atoms with E-state index >= 15 is 0 Å². The van der Waals surface area contributed by atoms with E-state index in [4.69, 9.17) is 9.26 Å². The number of nitrogens with one attached hydrogen (secondary N) is 3. The van der Waals surface area contributed by atoms with Crippen LogP contribution in [0, 0.1) is 12.8 Å². The third-order valence-electron chi connectivity index (χ3n) is 4.71. The summed E-state index contributed by atoms with van der Waals surface area (Å²) in [7, 11) is 3.01. The molecule has 11 heteroatoms. The maximum absolute atomic E-state index is 12.4. The quantitative estimate of drug-likeness (QED) is 0.521. The van der Waals surface area contributed by atoms with Gasteiger partial charge in [0, 0.05) is 38.3 Å². The normalized spacial score (nSPS) is 12.9. The zero-order valence-electron chi connectivity index (χ0n) is 17.2. The highest BCUT2D eigenvalue weighted by Crippen LogP contribution is 2.36. The fraction of sp³-hybridized carbons (Fsp3) is 0.300. The monoisotopic (exact) mass is 423 g/mol. The number of hydrogen-bond donors (Lipinski definition) is 3. The van der Waals surface area contributed by atoms with Crippen LogP contribution in [0.1, 0.15) is 29.1 Å². The third kappa shape index (κ3) is 4.29. The maximum Gasteiger partial charge on any atom is 0.254 e. The van der Waals surface area contributed by atoms with E-state index in [1.54, 1.807) is 25.3 Å². The van der Waals surface area contributed by atoms with Crippen molar-refractivity contribution in [2.24, 2.45) is 5.92 Å². The molecule has 3 heterocycles. The van der Waals surface area contributed by atoms with Crippen molar-refractivity contribution < 1.29 is 18.8 Å². The maximum atomic E-state index is 12.4. The summed E-state index contributed by atoms with van der Waals surface area (Å²) in [5.74, 6) is 1.37. The van der Waals surface area contributed by atoms with Gasteiger partial charge in [-0.1, -0.05) is 5.16 Å². The average Bonchev–Trinajstić information content (AvgIpc) is 3.54. The summed E-state index contributed by atoms with van der Waals surface area (Å²) in [6.07, 6.45) is 4.69. The van der Waals surface area contributed by atoms with Crippen molar-refractivity contribution in [3.05, 3.63) is 36.0 Å². The van der Waals surface area contributed by atoms with Crippen LogP contribution in [-0.4, -0.2) is 46.1 Å². The molecule has 1 saturated carbocycles. The van der Waals surface area contributed by atoms with Gasteiger partial charge in [-0.2, -0.15) is 4.98 Å². The fourth-order valence-corrected chi connectivity index (χ4v) is 2.97. The fourth-order valence-electron chi connectivity index (χ4n) is 2.97. The van der Waals surface area contributed by atoms with Gasteiger partial charge in [0.05, 0.1) is 23.9 Å². The summed E-state index contributed by atoms with van der Waals surface area (Å²) < 4.78 is 10.6. The summed E-state index contributed by atoms with van der Waals surface area (Å²) >= 11 is 0. The van der Waals surface area contributed by atoms with E-state index in [1.165, 1.54) is 20.4 Å². The number of nitrogens with zero attached hydrogens (tertiary/aromatic N) is 4. The molecule has 1 fully saturated rings. The molecule has 0 unspecified atom stereocenters. The molecule has 11 nitrogen and oxygen atoms in total. The molecule has 3 N–H and O–H groups in total. The molecule has 0 aliphatic heterocycles. The SMILES string of the molecule is CNC(=O)c1cnc(NC(=O)C2CC2)cc1Nc1nccc(-c2noc(C)n2)c1OC. The molecular weight excluding hydrogens is 402 g/mol. The van der Waals surface area contributed by atoms with Crippen LogP contribution in [0.15, 0.2) is 29.0 Å². The van der Waals surface area contributed by atoms with Gasteiger partial charge in [0.1, 0.15) is 5.82 Å². The Hall–Kier alpha value is -4.02. The molecule has 0 atom stereocenters. The Morgan fingerprint density at radius 3 is 2.71 bits per heavy atom. The number of pyridine rings is 2. The van der Waals surface area contributed by atoms with Crippen LogP contribution in [0.25, 0.3) is 11.4 Å². The van der Waals surface area contributed by atoms with Gasteiger partial charge in [-0.15, -0.1) is 0 Å². The summed E-state index contributed by atoms with van der Waals surface area (Å²) in [4.78, 5) is 37.2. The minimum absolute atomic E-state index is 0.0219. The molecule has 0 spiro atoms. The number of anilines is 3. The molecule has 0 radical (unpaired) electrons. The van der Waals surface area contributed by atoms with Crippen molar-refractivity contribution in [3.8, 4) is 17.1 Å². The standard InChI is InChI=1S/C20H21N7O4/c1-10-24-17(27-31-10)12-6-7-22-18(16(12)30-3)25-14-8-15(26-19(28)11-4-5-11)23-9-13(14)20(29)21-2/h6-9,11H,4-5H2,1-3H3,(H,21,29)(H2,22,23,25,26,28). The Morgan fingerprint density at radius 1 is 1.26 bits per heavy atom. The van der Waals surface area contributed by atoms with E-state index in [2.05, 4.69) is 36.1 Å². The predicted octanol–water partition coefficient (Wildman–Crippen LogP) is 2.30. The Labute approximate surface area is 177 Å². The van der Waals surface area contributed by atoms with Crippen LogP contribution in [-0.2, 0) is 4.79 Å². The van der Waals surface area contributed by atoms with Gasteiger partial charge >= 0.3 is 0 Å². The summed E-state index contributed by atoms with van der Waals surface area (Å²) in [6.45, 7) is 1.69. The predicted molar refractivity (Wildman–Crippen MR) is 111 cm³/mol. The van der Waals surface area contributed by atoms with Crippen LogP contribution in [0.2, 0.25) is 0 Å². The van der Waals surface area contributed by atoms with Gasteiger partial charge in [-0.25, -0.2) is 9.97 Å². The lowest BCUT2D eigenvalue weighted by Gasteiger charge is -2.15. The number of hydrogen-bond acceptors (Lipinski definition) is 9. The van der Waals surface area contributed by atoms with Gasteiger partial charge < -0.3 is 25.2 Å². The number of carbonyl (C=O) groups excluding carboxylic acids is 2. The molecule has 160 valence electrons. The van der Waals surface area contributed by atoms with E-state index in [1.807, 2.05) is 0 Å². The number of aryl methyl sites for hydroxylation is 1. The Balaban J connectivity index is 1.71. The first-order valence-corrected chi connectivity index (χ1v) is 9.63. The van der Waals surface area contributed by atoms with Crippen molar-refractivity contribution in [1.29, 1.82) is 0 Å². The second-order valence-electron chi connectivity index (χ2n) is 6.96. The van der Waals surface area contributed by atoms with Crippen LogP contribution in [0.4, 0.5) is 17.3 Å². The zero-order chi connectivity index (χ0) is 22.0. The smallest absolute Gasteiger partial charge is 0.254 e. The van der Waals surface area contributed by atoms with Gasteiger partial charge in [-0.3, -0.25) is 9.59 Å². The second-order valence-corrected chi connectivity index (χ2v) is 6.96. The van der Waals surface area contributed by atoms with E-state index < -0.39 is 0 Å². The molecule has 1 aliphatic rings. The minimum atomic E-state index is -0.348. The number of rotatable bonds is 7. The van der Waals surface area contributed by atoms with E-state index in [0.29, 0.717) is 40.4 Å². The van der Waals surface area contributed by atoms with Crippen LogP contribution in [0.3, 0.4) is 0 Å². The first kappa shape index (κ1) is 20.3. The molecule has 4 rings (SSSR count). The van der Waals surface area contributed by atoms with Crippen LogP contribution >= 0.6 is 0 Å². The molecule has 2 amide bonds. The number of carbonyl (C=O) groups is 2. The molecule has 0 saturated heterocycles. The number of amides is 2. The lowest BCUT2D eigenvalue weighted by atomic mass is 10.2. The average molecular weight is 423 g/mol. The highest BCUT2D eigenvalue weighted by molar-refractivity contribution is 6.01. The van der Waals surface area contributed by atoms with Crippen molar-refractivity contribution >= 4 is 29.1 Å². The number of aromatic nitrogens is 4. The largest absolute Gasteiger partial charge is 0.492 e. The molecular formula is C20H21N7O4. The zero-order valence-corrected chi connectivity index (χ0v) is 17.2. The van der Waals surface area contributed by atoms with Crippen molar-refractivity contribution in [1.82, 2.24) is 25.4 Å². The molecule has 3 aromatic rings. The number of ether oxygens (including phenoxy) is 1. The molecule has 31 heavy (non-hydrogen) atoms. The lowest BCUT2D eigenvalue weighted by molar-refractivity contribution is -0.117. The van der Waals surface area contributed by atoms with Gasteiger partial charge in [0.2, 0.25) is 17.6 Å². The first-order chi connectivity index (χ1) is 15.0. The van der Waals surface area contributed by atoms with Crippen molar-refractivity contribution in [2.75, 3.05) is 24.8 Å². The van der Waals surface area contributed by atoms with Gasteiger partial charge in [0.25, 0.3) is 5.91 Å². The molecule has 0 bridgehead atoms. The van der Waals surface area contributed by atoms with E-state index in [-0.39, 0.29) is 23.3 Å². The lowest BCUT2D eigenvalue weighted by Crippen LogP contribution is -2.20. The highest BCUT2D eigenvalue weighted by Gasteiger charge is 2.30. The van der Waals surface area contributed by atoms with E-state index in [0.717, 1.165) is 12.8 Å². The van der Waals surface area contributed by atoms with Gasteiger partial charge in [0.15, 0.2) is 11.6 Å². The van der Waals surface area contributed by atoms with Crippen molar-refractivity contribution in [3.63, 3.8) is 0 Å². The first-order valence-electron chi connectivity index (χ1n) is 9.63. The Bertz CT molecular complexity index is 1140. The Morgan fingerprint density at radius 2 is 2.06 bits per heavy atom. The molecule has 0 aromatic carbocycles.